The first kappa shape index (κ1) is 13.6. The lowest BCUT2D eigenvalue weighted by molar-refractivity contribution is -0.144. The number of aromatic nitrogens is 2. The Morgan fingerprint density at radius 1 is 1.53 bits per heavy atom. The van der Waals surface area contributed by atoms with Crippen LogP contribution in [0.2, 0.25) is 0 Å². The van der Waals surface area contributed by atoms with E-state index in [-0.39, 0.29) is 17.8 Å². The highest BCUT2D eigenvalue weighted by molar-refractivity contribution is 5.93. The van der Waals surface area contributed by atoms with Gasteiger partial charge in [0.05, 0.1) is 18.7 Å². The number of carbonyl (C=O) groups excluding carboxylic acids is 2. The molecule has 0 saturated carbocycles. The van der Waals surface area contributed by atoms with Gasteiger partial charge >= 0.3 is 5.97 Å². The van der Waals surface area contributed by atoms with Crippen molar-refractivity contribution in [1.82, 2.24) is 14.7 Å². The molecule has 2 rings (SSSR count). The van der Waals surface area contributed by atoms with Crippen LogP contribution in [0.4, 0.5) is 0 Å². The highest BCUT2D eigenvalue weighted by Gasteiger charge is 2.33. The van der Waals surface area contributed by atoms with Gasteiger partial charge in [-0.25, -0.2) is 0 Å². The fraction of sp³-hybridized carbons (Fsp3) is 0.615. The number of nitrogens with zero attached hydrogens (tertiary/aromatic N) is 3. The number of rotatable bonds is 3. The molecule has 1 unspecified atom stereocenters. The summed E-state index contributed by atoms with van der Waals surface area (Å²) in [6, 6.07) is 1.81. The van der Waals surface area contributed by atoms with Gasteiger partial charge in [0, 0.05) is 20.1 Å². The number of esters is 1. The van der Waals surface area contributed by atoms with Gasteiger partial charge in [-0.05, 0) is 18.9 Å². The zero-order valence-corrected chi connectivity index (χ0v) is 11.5. The number of amides is 1. The molecule has 1 amide bonds. The zero-order valence-electron chi connectivity index (χ0n) is 11.5. The summed E-state index contributed by atoms with van der Waals surface area (Å²) in [6.07, 6.45) is 1.46. The van der Waals surface area contributed by atoms with Gasteiger partial charge < -0.3 is 9.64 Å². The lowest BCUT2D eigenvalue weighted by Gasteiger charge is -2.15. The van der Waals surface area contributed by atoms with Crippen molar-refractivity contribution in [3.63, 3.8) is 0 Å². The predicted molar refractivity (Wildman–Crippen MR) is 68.6 cm³/mol. The number of aryl methyl sites for hydroxylation is 2. The third-order valence-corrected chi connectivity index (χ3v) is 3.52. The molecule has 1 aliphatic rings. The van der Waals surface area contributed by atoms with Crippen molar-refractivity contribution in [3.8, 4) is 0 Å². The first-order valence-electron chi connectivity index (χ1n) is 6.46. The number of carbonyl (C=O) groups is 2. The molecule has 1 aromatic rings. The van der Waals surface area contributed by atoms with Crippen LogP contribution in [0.25, 0.3) is 0 Å². The second-order valence-electron chi connectivity index (χ2n) is 4.76. The molecule has 2 heterocycles. The monoisotopic (exact) mass is 265 g/mol. The summed E-state index contributed by atoms with van der Waals surface area (Å²) >= 11 is 0. The van der Waals surface area contributed by atoms with E-state index in [4.69, 9.17) is 4.74 Å². The van der Waals surface area contributed by atoms with Crippen LogP contribution in [0.15, 0.2) is 6.07 Å². The van der Waals surface area contributed by atoms with Crippen LogP contribution in [0.1, 0.15) is 29.5 Å². The molecule has 1 saturated heterocycles. The zero-order chi connectivity index (χ0) is 14.0. The molecule has 0 aromatic carbocycles. The fourth-order valence-corrected chi connectivity index (χ4v) is 2.37. The minimum atomic E-state index is -0.241. The summed E-state index contributed by atoms with van der Waals surface area (Å²) in [5, 5.41) is 4.27. The standard InChI is InChI=1S/C13H19N3O3/c1-4-10-7-11(15(2)14-10)12(17)16-6-5-9(8-16)13(18)19-3/h7,9H,4-6,8H2,1-3H3. The molecule has 1 aliphatic heterocycles. The summed E-state index contributed by atoms with van der Waals surface area (Å²) < 4.78 is 6.32. The molecule has 0 bridgehead atoms. The number of hydrogen-bond donors (Lipinski definition) is 0. The van der Waals surface area contributed by atoms with Crippen LogP contribution in [0, 0.1) is 5.92 Å². The second kappa shape index (κ2) is 5.42. The fourth-order valence-electron chi connectivity index (χ4n) is 2.37. The Kier molecular flexibility index (Phi) is 3.87. The first-order chi connectivity index (χ1) is 9.06. The summed E-state index contributed by atoms with van der Waals surface area (Å²) in [5.41, 5.74) is 1.47. The maximum atomic E-state index is 12.4. The van der Waals surface area contributed by atoms with E-state index in [0.717, 1.165) is 12.1 Å². The maximum absolute atomic E-state index is 12.4. The van der Waals surface area contributed by atoms with E-state index < -0.39 is 0 Å². The minimum absolute atomic E-state index is 0.0684. The lowest BCUT2D eigenvalue weighted by atomic mass is 10.1. The van der Waals surface area contributed by atoms with E-state index in [0.29, 0.717) is 25.2 Å². The highest BCUT2D eigenvalue weighted by atomic mass is 16.5. The van der Waals surface area contributed by atoms with E-state index >= 15 is 0 Å². The van der Waals surface area contributed by atoms with Gasteiger partial charge in [-0.2, -0.15) is 5.10 Å². The van der Waals surface area contributed by atoms with Crippen LogP contribution in [-0.4, -0.2) is 46.8 Å². The van der Waals surface area contributed by atoms with E-state index in [1.54, 1.807) is 16.6 Å². The Morgan fingerprint density at radius 3 is 2.84 bits per heavy atom. The van der Waals surface area contributed by atoms with Crippen LogP contribution < -0.4 is 0 Å². The van der Waals surface area contributed by atoms with E-state index in [9.17, 15) is 9.59 Å². The van der Waals surface area contributed by atoms with Crippen molar-refractivity contribution in [1.29, 1.82) is 0 Å². The molecule has 6 heteroatoms. The average Bonchev–Trinajstić information content (AvgIpc) is 3.03. The maximum Gasteiger partial charge on any atom is 0.310 e. The quantitative estimate of drug-likeness (QED) is 0.751. The highest BCUT2D eigenvalue weighted by Crippen LogP contribution is 2.20. The van der Waals surface area contributed by atoms with Crippen molar-refractivity contribution in [2.45, 2.75) is 19.8 Å². The molecule has 6 nitrogen and oxygen atoms in total. The number of ether oxygens (including phenoxy) is 1. The van der Waals surface area contributed by atoms with Crippen LogP contribution in [-0.2, 0) is 23.0 Å². The Labute approximate surface area is 112 Å². The third kappa shape index (κ3) is 2.62. The largest absolute Gasteiger partial charge is 0.469 e. The molecule has 0 radical (unpaired) electrons. The van der Waals surface area contributed by atoms with Gasteiger partial charge in [0.15, 0.2) is 0 Å². The van der Waals surface area contributed by atoms with Gasteiger partial charge in [0.1, 0.15) is 5.69 Å². The SMILES string of the molecule is CCc1cc(C(=O)N2CCC(C(=O)OC)C2)n(C)n1. The van der Waals surface area contributed by atoms with Gasteiger partial charge in [-0.15, -0.1) is 0 Å². The van der Waals surface area contributed by atoms with Crippen LogP contribution >= 0.6 is 0 Å². The van der Waals surface area contributed by atoms with E-state index in [1.165, 1.54) is 7.11 Å². The lowest BCUT2D eigenvalue weighted by Crippen LogP contribution is -2.31. The molecule has 19 heavy (non-hydrogen) atoms. The number of hydrogen-bond acceptors (Lipinski definition) is 4. The summed E-state index contributed by atoms with van der Waals surface area (Å²) in [6.45, 7) is 3.02. The average molecular weight is 265 g/mol. The molecule has 104 valence electrons. The van der Waals surface area contributed by atoms with Gasteiger partial charge in [0.25, 0.3) is 5.91 Å². The summed E-state index contributed by atoms with van der Waals surface area (Å²) in [7, 11) is 3.14. The molecule has 1 fully saturated rings. The Bertz CT molecular complexity index is 495. The van der Waals surface area contributed by atoms with Crippen molar-refractivity contribution in [2.75, 3.05) is 20.2 Å². The predicted octanol–water partition coefficient (Wildman–Crippen LogP) is 0.618. The number of likely N-dealkylation sites (tertiary alicyclic amines) is 1. The Hall–Kier alpha value is -1.85. The third-order valence-electron chi connectivity index (χ3n) is 3.52. The molecule has 0 spiro atoms. The van der Waals surface area contributed by atoms with Crippen molar-refractivity contribution in [3.05, 3.63) is 17.5 Å². The Balaban J connectivity index is 2.08. The van der Waals surface area contributed by atoms with Gasteiger partial charge in [-0.1, -0.05) is 6.92 Å². The molecular weight excluding hydrogens is 246 g/mol. The van der Waals surface area contributed by atoms with Gasteiger partial charge in [0.2, 0.25) is 0 Å². The summed E-state index contributed by atoms with van der Waals surface area (Å²) in [5.74, 6) is -0.511. The van der Waals surface area contributed by atoms with Crippen LogP contribution in [0.5, 0.6) is 0 Å². The smallest absolute Gasteiger partial charge is 0.310 e. The van der Waals surface area contributed by atoms with Crippen molar-refractivity contribution >= 4 is 11.9 Å². The first-order valence-corrected chi connectivity index (χ1v) is 6.46. The Morgan fingerprint density at radius 2 is 2.26 bits per heavy atom. The molecule has 0 N–H and O–H groups in total. The van der Waals surface area contributed by atoms with Crippen molar-refractivity contribution in [2.24, 2.45) is 13.0 Å². The summed E-state index contributed by atoms with van der Waals surface area (Å²) in [4.78, 5) is 25.5. The van der Waals surface area contributed by atoms with Crippen LogP contribution in [0.3, 0.4) is 0 Å². The molecule has 1 atom stereocenters. The molecular formula is C13H19N3O3. The van der Waals surface area contributed by atoms with Crippen molar-refractivity contribution < 1.29 is 14.3 Å². The molecule has 1 aromatic heterocycles. The van der Waals surface area contributed by atoms with E-state index in [2.05, 4.69) is 5.10 Å². The minimum Gasteiger partial charge on any atom is -0.469 e. The topological polar surface area (TPSA) is 64.4 Å². The second-order valence-corrected chi connectivity index (χ2v) is 4.76. The molecule has 0 aliphatic carbocycles. The normalized spacial score (nSPS) is 18.7. The van der Waals surface area contributed by atoms with E-state index in [1.807, 2.05) is 13.0 Å². The van der Waals surface area contributed by atoms with Gasteiger partial charge in [-0.3, -0.25) is 14.3 Å². The number of methoxy groups -OCH3 is 1.